The monoisotopic (exact) mass is 237 g/mol. The molecule has 17 heavy (non-hydrogen) atoms. The van der Waals surface area contributed by atoms with Crippen LogP contribution in [0.4, 0.5) is 0 Å². The van der Waals surface area contributed by atoms with Crippen LogP contribution in [0.2, 0.25) is 0 Å². The van der Waals surface area contributed by atoms with E-state index in [4.69, 9.17) is 9.84 Å². The van der Waals surface area contributed by atoms with Crippen LogP contribution in [0.1, 0.15) is 18.9 Å². The van der Waals surface area contributed by atoms with Gasteiger partial charge in [0.05, 0.1) is 13.7 Å². The summed E-state index contributed by atoms with van der Waals surface area (Å²) in [6.07, 6.45) is 1.08. The molecule has 4 heteroatoms. The lowest BCUT2D eigenvalue weighted by Gasteiger charge is -2.10. The fourth-order valence-corrected chi connectivity index (χ4v) is 1.48. The van der Waals surface area contributed by atoms with Gasteiger partial charge < -0.3 is 15.2 Å². The van der Waals surface area contributed by atoms with Gasteiger partial charge in [-0.15, -0.1) is 0 Å². The predicted molar refractivity (Wildman–Crippen MR) is 66.0 cm³/mol. The smallest absolute Gasteiger partial charge is 0.220 e. The van der Waals surface area contributed by atoms with Gasteiger partial charge in [-0.25, -0.2) is 0 Å². The number of benzene rings is 1. The van der Waals surface area contributed by atoms with Gasteiger partial charge in [-0.05, 0) is 31.0 Å². The van der Waals surface area contributed by atoms with Gasteiger partial charge in [-0.1, -0.05) is 12.1 Å². The SMILES string of the molecule is COc1cccc(CCC(=O)N[C@@H](C)CO)c1. The van der Waals surface area contributed by atoms with Crippen molar-refractivity contribution in [3.63, 3.8) is 0 Å². The van der Waals surface area contributed by atoms with Crippen LogP contribution >= 0.6 is 0 Å². The van der Waals surface area contributed by atoms with E-state index in [0.29, 0.717) is 12.8 Å². The summed E-state index contributed by atoms with van der Waals surface area (Å²) < 4.78 is 5.11. The molecule has 0 saturated heterocycles. The van der Waals surface area contributed by atoms with Gasteiger partial charge in [0.1, 0.15) is 5.75 Å². The maximum atomic E-state index is 11.5. The van der Waals surface area contributed by atoms with E-state index in [1.54, 1.807) is 14.0 Å². The third-order valence-corrected chi connectivity index (χ3v) is 2.46. The van der Waals surface area contributed by atoms with Gasteiger partial charge in [0.25, 0.3) is 0 Å². The first kappa shape index (κ1) is 13.5. The average molecular weight is 237 g/mol. The van der Waals surface area contributed by atoms with Crippen molar-refractivity contribution >= 4 is 5.91 Å². The van der Waals surface area contributed by atoms with E-state index in [0.717, 1.165) is 11.3 Å². The number of hydrogen-bond donors (Lipinski definition) is 2. The van der Waals surface area contributed by atoms with Crippen molar-refractivity contribution in [2.45, 2.75) is 25.8 Å². The molecule has 2 N–H and O–H groups in total. The topological polar surface area (TPSA) is 58.6 Å². The molecule has 1 aromatic rings. The molecule has 0 spiro atoms. The molecule has 0 aliphatic rings. The van der Waals surface area contributed by atoms with E-state index in [1.165, 1.54) is 0 Å². The van der Waals surface area contributed by atoms with Gasteiger partial charge in [0.2, 0.25) is 5.91 Å². The summed E-state index contributed by atoms with van der Waals surface area (Å²) in [5.41, 5.74) is 1.07. The van der Waals surface area contributed by atoms with Crippen molar-refractivity contribution in [2.24, 2.45) is 0 Å². The van der Waals surface area contributed by atoms with E-state index in [1.807, 2.05) is 24.3 Å². The molecule has 0 saturated carbocycles. The number of carbonyl (C=O) groups is 1. The molecule has 1 aromatic carbocycles. The summed E-state index contributed by atoms with van der Waals surface area (Å²) in [7, 11) is 1.62. The van der Waals surface area contributed by atoms with Crippen LogP contribution in [-0.4, -0.2) is 30.8 Å². The van der Waals surface area contributed by atoms with E-state index in [2.05, 4.69) is 5.32 Å². The van der Waals surface area contributed by atoms with Crippen LogP contribution in [0.5, 0.6) is 5.75 Å². The average Bonchev–Trinajstić information content (AvgIpc) is 2.36. The lowest BCUT2D eigenvalue weighted by atomic mass is 10.1. The fourth-order valence-electron chi connectivity index (χ4n) is 1.48. The summed E-state index contributed by atoms with van der Waals surface area (Å²) >= 11 is 0. The highest BCUT2D eigenvalue weighted by atomic mass is 16.5. The first-order chi connectivity index (χ1) is 8.15. The number of methoxy groups -OCH3 is 1. The minimum Gasteiger partial charge on any atom is -0.497 e. The number of amides is 1. The number of rotatable bonds is 6. The minimum atomic E-state index is -0.187. The van der Waals surface area contributed by atoms with Crippen LogP contribution in [0, 0.1) is 0 Å². The largest absolute Gasteiger partial charge is 0.497 e. The van der Waals surface area contributed by atoms with Crippen molar-refractivity contribution in [1.82, 2.24) is 5.32 Å². The second-order valence-electron chi connectivity index (χ2n) is 4.00. The highest BCUT2D eigenvalue weighted by molar-refractivity contribution is 5.76. The molecule has 0 aliphatic heterocycles. The maximum Gasteiger partial charge on any atom is 0.220 e. The predicted octanol–water partition coefficient (Wildman–Crippen LogP) is 1.12. The van der Waals surface area contributed by atoms with Gasteiger partial charge in [-0.3, -0.25) is 4.79 Å². The molecule has 0 aromatic heterocycles. The zero-order chi connectivity index (χ0) is 12.7. The number of ether oxygens (including phenoxy) is 1. The van der Waals surface area contributed by atoms with Crippen LogP contribution in [-0.2, 0) is 11.2 Å². The molecule has 94 valence electrons. The lowest BCUT2D eigenvalue weighted by Crippen LogP contribution is -2.35. The summed E-state index contributed by atoms with van der Waals surface area (Å²) in [5.74, 6) is 0.751. The minimum absolute atomic E-state index is 0.0368. The molecule has 1 atom stereocenters. The third-order valence-electron chi connectivity index (χ3n) is 2.46. The lowest BCUT2D eigenvalue weighted by molar-refractivity contribution is -0.121. The zero-order valence-corrected chi connectivity index (χ0v) is 10.3. The Labute approximate surface area is 102 Å². The zero-order valence-electron chi connectivity index (χ0n) is 10.3. The molecule has 0 unspecified atom stereocenters. The maximum absolute atomic E-state index is 11.5. The summed E-state index contributed by atoms with van der Waals surface area (Å²) in [5, 5.41) is 11.5. The number of nitrogens with one attached hydrogen (secondary N) is 1. The third kappa shape index (κ3) is 4.87. The van der Waals surface area contributed by atoms with E-state index in [9.17, 15) is 4.79 Å². The van der Waals surface area contributed by atoms with E-state index in [-0.39, 0.29) is 18.6 Å². The number of aliphatic hydroxyl groups is 1. The highest BCUT2D eigenvalue weighted by Gasteiger charge is 2.06. The van der Waals surface area contributed by atoms with Crippen molar-refractivity contribution < 1.29 is 14.6 Å². The Morgan fingerprint density at radius 1 is 1.53 bits per heavy atom. The van der Waals surface area contributed by atoms with Crippen LogP contribution in [0.25, 0.3) is 0 Å². The second kappa shape index (κ2) is 6.91. The van der Waals surface area contributed by atoms with Gasteiger partial charge in [0, 0.05) is 12.5 Å². The summed E-state index contributed by atoms with van der Waals surface area (Å²) in [4.78, 5) is 11.5. The van der Waals surface area contributed by atoms with Gasteiger partial charge in [0.15, 0.2) is 0 Å². The molecule has 0 heterocycles. The molecule has 1 amide bonds. The van der Waals surface area contributed by atoms with E-state index >= 15 is 0 Å². The molecule has 0 radical (unpaired) electrons. The van der Waals surface area contributed by atoms with E-state index < -0.39 is 0 Å². The molecule has 0 aliphatic carbocycles. The highest BCUT2D eigenvalue weighted by Crippen LogP contribution is 2.13. The summed E-state index contributed by atoms with van der Waals surface area (Å²) in [6, 6.07) is 7.47. The molecule has 0 bridgehead atoms. The first-order valence-corrected chi connectivity index (χ1v) is 5.69. The Hall–Kier alpha value is -1.55. The Balaban J connectivity index is 2.41. The van der Waals surface area contributed by atoms with Crippen molar-refractivity contribution in [1.29, 1.82) is 0 Å². The first-order valence-electron chi connectivity index (χ1n) is 5.69. The van der Waals surface area contributed by atoms with Crippen LogP contribution < -0.4 is 10.1 Å². The number of carbonyl (C=O) groups excluding carboxylic acids is 1. The van der Waals surface area contributed by atoms with Crippen LogP contribution in [0.3, 0.4) is 0 Å². The fraction of sp³-hybridized carbons (Fsp3) is 0.462. The Bertz CT molecular complexity index is 365. The molecular weight excluding hydrogens is 218 g/mol. The molecule has 4 nitrogen and oxygen atoms in total. The van der Waals surface area contributed by atoms with Crippen molar-refractivity contribution in [2.75, 3.05) is 13.7 Å². The molecule has 0 fully saturated rings. The van der Waals surface area contributed by atoms with Gasteiger partial charge >= 0.3 is 0 Å². The number of aryl methyl sites for hydroxylation is 1. The Kier molecular flexibility index (Phi) is 5.49. The second-order valence-corrected chi connectivity index (χ2v) is 4.00. The Morgan fingerprint density at radius 3 is 2.94 bits per heavy atom. The molecule has 1 rings (SSSR count). The van der Waals surface area contributed by atoms with Crippen molar-refractivity contribution in [3.8, 4) is 5.75 Å². The summed E-state index contributed by atoms with van der Waals surface area (Å²) in [6.45, 7) is 1.73. The van der Waals surface area contributed by atoms with Crippen molar-refractivity contribution in [3.05, 3.63) is 29.8 Å². The number of hydrogen-bond acceptors (Lipinski definition) is 3. The van der Waals surface area contributed by atoms with Gasteiger partial charge in [-0.2, -0.15) is 0 Å². The number of aliphatic hydroxyl groups excluding tert-OH is 1. The quantitative estimate of drug-likeness (QED) is 0.779. The normalized spacial score (nSPS) is 11.9. The standard InChI is InChI=1S/C13H19NO3/c1-10(9-15)14-13(16)7-6-11-4-3-5-12(8-11)17-2/h3-5,8,10,15H,6-7,9H2,1-2H3,(H,14,16)/t10-/m0/s1. The Morgan fingerprint density at radius 2 is 2.29 bits per heavy atom. The molecular formula is C13H19NO3. The van der Waals surface area contributed by atoms with Crippen LogP contribution in [0.15, 0.2) is 24.3 Å².